The van der Waals surface area contributed by atoms with Crippen molar-refractivity contribution in [3.8, 4) is 5.40 Å². The number of hydrogen-bond acceptors (Lipinski definition) is 2. The van der Waals surface area contributed by atoms with Gasteiger partial charge in [-0.05, 0) is 24.6 Å². The first-order valence-corrected chi connectivity index (χ1v) is 6.55. The Labute approximate surface area is 122 Å². The van der Waals surface area contributed by atoms with Gasteiger partial charge in [0.2, 0.25) is 0 Å². The van der Waals surface area contributed by atoms with E-state index in [0.717, 1.165) is 0 Å². The van der Waals surface area contributed by atoms with Gasteiger partial charge in [0, 0.05) is 12.2 Å². The lowest BCUT2D eigenvalue weighted by Crippen LogP contribution is -2.55. The fourth-order valence-corrected chi connectivity index (χ4v) is 1.96. The van der Waals surface area contributed by atoms with Crippen LogP contribution in [0.3, 0.4) is 0 Å². The van der Waals surface area contributed by atoms with Crippen molar-refractivity contribution in [2.24, 2.45) is 5.92 Å². The summed E-state index contributed by atoms with van der Waals surface area (Å²) in [5, 5.41) is 9.60. The molecule has 0 aliphatic heterocycles. The Morgan fingerprint density at radius 2 is 1.32 bits per heavy atom. The second-order valence-corrected chi connectivity index (χ2v) is 5.20. The van der Waals surface area contributed by atoms with Crippen molar-refractivity contribution >= 4 is 11.8 Å². The van der Waals surface area contributed by atoms with Crippen molar-refractivity contribution in [3.05, 3.63) is 0 Å². The minimum absolute atomic E-state index is 0.222. The topological polar surface area (TPSA) is 23.8 Å². The highest BCUT2D eigenvalue weighted by Gasteiger charge is 2.73. The number of thiocyanates is 1. The SMILES string of the molecule is N#CSCCCC(CC(F)(C(F)(F)F)C(F)(F)F)C(F)(F)F. The number of alkyl halides is 10. The molecule has 1 atom stereocenters. The molecular formula is C10H9F10NS. The summed E-state index contributed by atoms with van der Waals surface area (Å²) >= 11 is 0.490. The molecule has 12 heteroatoms. The quantitative estimate of drug-likeness (QED) is 0.358. The number of thioether (sulfide) groups is 1. The van der Waals surface area contributed by atoms with E-state index in [4.69, 9.17) is 5.26 Å². The van der Waals surface area contributed by atoms with Crippen LogP contribution in [-0.2, 0) is 0 Å². The van der Waals surface area contributed by atoms with E-state index in [-0.39, 0.29) is 5.75 Å². The molecule has 1 nitrogen and oxygen atoms in total. The second-order valence-electron chi connectivity index (χ2n) is 4.32. The molecule has 0 heterocycles. The highest BCUT2D eigenvalue weighted by molar-refractivity contribution is 8.03. The summed E-state index contributed by atoms with van der Waals surface area (Å²) in [5.41, 5.74) is -5.94. The van der Waals surface area contributed by atoms with Crippen LogP contribution in [-0.4, -0.2) is 30.0 Å². The molecule has 1 unspecified atom stereocenters. The Hall–Kier alpha value is -0.860. The molecule has 0 aromatic heterocycles. The summed E-state index contributed by atoms with van der Waals surface area (Å²) in [5.74, 6) is -3.35. The van der Waals surface area contributed by atoms with Gasteiger partial charge in [0.25, 0.3) is 5.67 Å². The second kappa shape index (κ2) is 7.14. The summed E-state index contributed by atoms with van der Waals surface area (Å²) in [4.78, 5) is 0. The Kier molecular flexibility index (Phi) is 6.86. The zero-order valence-electron chi connectivity index (χ0n) is 10.5. The summed E-state index contributed by atoms with van der Waals surface area (Å²) in [7, 11) is 0. The van der Waals surface area contributed by atoms with Gasteiger partial charge in [0.1, 0.15) is 5.40 Å². The minimum Gasteiger partial charge on any atom is -0.224 e. The fourth-order valence-electron chi connectivity index (χ4n) is 1.56. The van der Waals surface area contributed by atoms with Gasteiger partial charge < -0.3 is 0 Å². The van der Waals surface area contributed by atoms with Gasteiger partial charge in [-0.3, -0.25) is 0 Å². The van der Waals surface area contributed by atoms with E-state index >= 15 is 0 Å². The molecular weight excluding hydrogens is 356 g/mol. The third-order valence-corrected chi connectivity index (χ3v) is 3.37. The molecule has 0 aromatic rings. The van der Waals surface area contributed by atoms with E-state index in [0.29, 0.717) is 11.8 Å². The van der Waals surface area contributed by atoms with E-state index in [1.54, 1.807) is 0 Å². The molecule has 0 aromatic carbocycles. The summed E-state index contributed by atoms with van der Waals surface area (Å²) in [6.45, 7) is 0. The van der Waals surface area contributed by atoms with Crippen LogP contribution in [0.1, 0.15) is 19.3 Å². The molecule has 22 heavy (non-hydrogen) atoms. The third kappa shape index (κ3) is 5.40. The first-order chi connectivity index (χ1) is 9.67. The lowest BCUT2D eigenvalue weighted by atomic mass is 9.87. The number of hydrogen-bond donors (Lipinski definition) is 0. The van der Waals surface area contributed by atoms with Crippen LogP contribution in [0.25, 0.3) is 0 Å². The first-order valence-electron chi connectivity index (χ1n) is 5.56. The van der Waals surface area contributed by atoms with Gasteiger partial charge in [-0.1, -0.05) is 0 Å². The normalized spacial score (nSPS) is 15.5. The number of halogens is 10. The molecule has 0 aliphatic rings. The van der Waals surface area contributed by atoms with Crippen LogP contribution in [0.2, 0.25) is 0 Å². The van der Waals surface area contributed by atoms with Crippen LogP contribution in [0.15, 0.2) is 0 Å². The van der Waals surface area contributed by atoms with Crippen molar-refractivity contribution in [2.45, 2.75) is 43.5 Å². The maximum Gasteiger partial charge on any atom is 0.431 e. The van der Waals surface area contributed by atoms with E-state index in [2.05, 4.69) is 0 Å². The highest BCUT2D eigenvalue weighted by atomic mass is 32.2. The van der Waals surface area contributed by atoms with Crippen LogP contribution >= 0.6 is 11.8 Å². The molecule has 0 rings (SSSR count). The Bertz CT molecular complexity index is 376. The zero-order chi connectivity index (χ0) is 17.8. The standard InChI is InChI=1S/C10H9F10NS/c11-7(9(15,16)17,10(18,19)20)4-6(8(12,13)14)2-1-3-22-5-21/h6H,1-4H2. The monoisotopic (exact) mass is 365 g/mol. The molecule has 0 fully saturated rings. The third-order valence-electron chi connectivity index (χ3n) is 2.75. The van der Waals surface area contributed by atoms with E-state index in [1.165, 1.54) is 5.40 Å². The average molecular weight is 365 g/mol. The van der Waals surface area contributed by atoms with E-state index in [1.807, 2.05) is 0 Å². The maximum atomic E-state index is 13.4. The van der Waals surface area contributed by atoms with Gasteiger partial charge in [-0.15, -0.1) is 0 Å². The molecule has 0 amide bonds. The summed E-state index contributed by atoms with van der Waals surface area (Å²) in [6.07, 6.45) is -22.9. The van der Waals surface area contributed by atoms with Crippen molar-refractivity contribution in [3.63, 3.8) is 0 Å². The van der Waals surface area contributed by atoms with Gasteiger partial charge in [-0.25, -0.2) is 4.39 Å². The van der Waals surface area contributed by atoms with Crippen LogP contribution in [0.5, 0.6) is 0 Å². The van der Waals surface area contributed by atoms with Crippen LogP contribution in [0.4, 0.5) is 43.9 Å². The van der Waals surface area contributed by atoms with Gasteiger partial charge in [0.05, 0.1) is 5.92 Å². The van der Waals surface area contributed by atoms with Crippen molar-refractivity contribution in [1.82, 2.24) is 0 Å². The van der Waals surface area contributed by atoms with E-state index in [9.17, 15) is 43.9 Å². The molecule has 0 N–H and O–H groups in total. The molecule has 0 saturated heterocycles. The van der Waals surface area contributed by atoms with Crippen molar-refractivity contribution < 1.29 is 43.9 Å². The smallest absolute Gasteiger partial charge is 0.224 e. The van der Waals surface area contributed by atoms with Gasteiger partial charge in [-0.2, -0.15) is 44.8 Å². The van der Waals surface area contributed by atoms with Crippen LogP contribution in [0, 0.1) is 16.6 Å². The lowest BCUT2D eigenvalue weighted by Gasteiger charge is -2.33. The average Bonchev–Trinajstić information content (AvgIpc) is 2.28. The van der Waals surface area contributed by atoms with Crippen molar-refractivity contribution in [2.75, 3.05) is 5.75 Å². The van der Waals surface area contributed by atoms with E-state index < -0.39 is 49.4 Å². The molecule has 0 saturated carbocycles. The number of nitrogens with zero attached hydrogens (tertiary/aromatic N) is 1. The maximum absolute atomic E-state index is 13.4. The van der Waals surface area contributed by atoms with Gasteiger partial charge in [0.15, 0.2) is 0 Å². The number of rotatable bonds is 6. The predicted octanol–water partition coefficient (Wildman–Crippen LogP) is 5.38. The molecule has 0 aliphatic carbocycles. The molecule has 0 spiro atoms. The zero-order valence-corrected chi connectivity index (χ0v) is 11.4. The summed E-state index contributed by atoms with van der Waals surface area (Å²) in [6, 6.07) is 0. The molecule has 0 radical (unpaired) electrons. The van der Waals surface area contributed by atoms with Crippen molar-refractivity contribution in [1.29, 1.82) is 5.26 Å². The number of nitriles is 1. The Morgan fingerprint density at radius 1 is 0.864 bits per heavy atom. The fraction of sp³-hybridized carbons (Fsp3) is 0.900. The minimum atomic E-state index is -6.52. The van der Waals surface area contributed by atoms with Crippen LogP contribution < -0.4 is 0 Å². The highest BCUT2D eigenvalue weighted by Crippen LogP contribution is 2.52. The summed E-state index contributed by atoms with van der Waals surface area (Å²) < 4.78 is 125. The van der Waals surface area contributed by atoms with Gasteiger partial charge >= 0.3 is 18.5 Å². The molecule has 130 valence electrons. The largest absolute Gasteiger partial charge is 0.431 e. The lowest BCUT2D eigenvalue weighted by molar-refractivity contribution is -0.352. The Balaban J connectivity index is 5.29. The predicted molar refractivity (Wildman–Crippen MR) is 57.4 cm³/mol. The molecule has 0 bridgehead atoms. The Morgan fingerprint density at radius 3 is 1.64 bits per heavy atom. The first kappa shape index (κ1) is 21.1.